The topological polar surface area (TPSA) is 119 Å². The average Bonchev–Trinajstić information content (AvgIpc) is 3.70. The summed E-state index contributed by atoms with van der Waals surface area (Å²) in [6.07, 6.45) is 8.43. The van der Waals surface area contributed by atoms with Gasteiger partial charge in [0.15, 0.2) is 9.84 Å². The van der Waals surface area contributed by atoms with Crippen LogP contribution < -0.4 is 10.2 Å². The van der Waals surface area contributed by atoms with Crippen molar-refractivity contribution in [3.63, 3.8) is 0 Å². The predicted molar refractivity (Wildman–Crippen MR) is 144 cm³/mol. The highest BCUT2D eigenvalue weighted by molar-refractivity contribution is 7.90. The number of amides is 1. The SMILES string of the molecule is CCCCCCN(CC1CC1)c1cc(C(=O)Nc2ccc(CS(=O)(=O)CCC(=O)OCC)cc2)ncn1. The molecule has 0 atom stereocenters. The molecule has 1 aliphatic carbocycles. The fraction of sp³-hybridized carbons (Fsp3) is 0.556. The molecule has 0 unspecified atom stereocenters. The molecule has 1 N–H and O–H groups in total. The van der Waals surface area contributed by atoms with Gasteiger partial charge in [0.05, 0.1) is 24.5 Å². The molecule has 1 aromatic carbocycles. The Morgan fingerprint density at radius 2 is 1.84 bits per heavy atom. The van der Waals surface area contributed by atoms with Gasteiger partial charge in [-0.25, -0.2) is 18.4 Å². The van der Waals surface area contributed by atoms with Crippen LogP contribution in [0.25, 0.3) is 0 Å². The third-order valence-corrected chi connectivity index (χ3v) is 7.79. The number of esters is 1. The highest BCUT2D eigenvalue weighted by atomic mass is 32.2. The number of anilines is 2. The van der Waals surface area contributed by atoms with Gasteiger partial charge in [0.2, 0.25) is 0 Å². The van der Waals surface area contributed by atoms with E-state index in [1.165, 1.54) is 38.4 Å². The van der Waals surface area contributed by atoms with Crippen molar-refractivity contribution in [1.82, 2.24) is 9.97 Å². The second-order valence-electron chi connectivity index (χ2n) is 9.51. The Labute approximate surface area is 219 Å². The molecule has 0 aliphatic heterocycles. The van der Waals surface area contributed by atoms with E-state index in [0.29, 0.717) is 17.2 Å². The number of carbonyl (C=O) groups excluding carboxylic acids is 2. The van der Waals surface area contributed by atoms with Crippen molar-refractivity contribution in [1.29, 1.82) is 0 Å². The third-order valence-electron chi connectivity index (χ3n) is 6.19. The standard InChI is InChI=1S/C27H38N4O5S/c1-3-5-6-7-15-31(18-21-8-9-21)25-17-24(28-20-29-25)27(33)30-23-12-10-22(11-13-23)19-37(34,35)16-14-26(32)36-4-2/h10-13,17,20-21H,3-9,14-16,18-19H2,1-2H3,(H,30,33). The molecule has 1 fully saturated rings. The number of rotatable bonds is 16. The van der Waals surface area contributed by atoms with Crippen molar-refractivity contribution in [3.05, 3.63) is 47.9 Å². The first kappa shape index (κ1) is 28.6. The Morgan fingerprint density at radius 1 is 1.08 bits per heavy atom. The molecule has 1 amide bonds. The van der Waals surface area contributed by atoms with Crippen molar-refractivity contribution < 1.29 is 22.7 Å². The maximum Gasteiger partial charge on any atom is 0.306 e. The lowest BCUT2D eigenvalue weighted by Crippen LogP contribution is -2.28. The van der Waals surface area contributed by atoms with Crippen LogP contribution in [0.5, 0.6) is 0 Å². The summed E-state index contributed by atoms with van der Waals surface area (Å²) in [5.74, 6) is 0.139. The molecule has 2 aromatic rings. The zero-order valence-electron chi connectivity index (χ0n) is 21.8. The van der Waals surface area contributed by atoms with Crippen LogP contribution in [0.2, 0.25) is 0 Å². The highest BCUT2D eigenvalue weighted by Crippen LogP contribution is 2.31. The van der Waals surface area contributed by atoms with Crippen LogP contribution in [0.4, 0.5) is 11.5 Å². The molecular weight excluding hydrogens is 492 g/mol. The molecule has 1 saturated carbocycles. The van der Waals surface area contributed by atoms with Gasteiger partial charge in [0.1, 0.15) is 17.8 Å². The van der Waals surface area contributed by atoms with Crippen LogP contribution in [0, 0.1) is 5.92 Å². The van der Waals surface area contributed by atoms with E-state index in [1.54, 1.807) is 37.3 Å². The van der Waals surface area contributed by atoms with Crippen molar-refractivity contribution in [2.75, 3.05) is 35.7 Å². The van der Waals surface area contributed by atoms with E-state index in [-0.39, 0.29) is 36.1 Å². The van der Waals surface area contributed by atoms with Crippen LogP contribution in [0.3, 0.4) is 0 Å². The minimum Gasteiger partial charge on any atom is -0.466 e. The van der Waals surface area contributed by atoms with E-state index in [4.69, 9.17) is 4.74 Å². The zero-order chi connectivity index (χ0) is 26.7. The number of hydrogen-bond acceptors (Lipinski definition) is 8. The summed E-state index contributed by atoms with van der Waals surface area (Å²) in [6.45, 7) is 5.96. The molecule has 0 bridgehead atoms. The molecule has 202 valence electrons. The van der Waals surface area contributed by atoms with Gasteiger partial charge in [-0.15, -0.1) is 0 Å². The quantitative estimate of drug-likeness (QED) is 0.251. The maximum absolute atomic E-state index is 12.9. The molecule has 1 aliphatic rings. The number of benzene rings is 1. The second kappa shape index (κ2) is 14.1. The van der Waals surface area contributed by atoms with Gasteiger partial charge in [-0.05, 0) is 49.8 Å². The highest BCUT2D eigenvalue weighted by Gasteiger charge is 2.25. The number of nitrogens with one attached hydrogen (secondary N) is 1. The normalized spacial score (nSPS) is 13.2. The van der Waals surface area contributed by atoms with Crippen LogP contribution >= 0.6 is 0 Å². The number of hydrogen-bond donors (Lipinski definition) is 1. The number of carbonyl (C=O) groups is 2. The fourth-order valence-corrected chi connectivity index (χ4v) is 5.28. The first-order valence-electron chi connectivity index (χ1n) is 13.1. The molecule has 1 aromatic heterocycles. The predicted octanol–water partition coefficient (Wildman–Crippen LogP) is 4.39. The van der Waals surface area contributed by atoms with E-state index in [0.717, 1.165) is 25.3 Å². The molecule has 3 rings (SSSR count). The molecule has 0 spiro atoms. The van der Waals surface area contributed by atoms with E-state index in [2.05, 4.69) is 27.1 Å². The second-order valence-corrected chi connectivity index (χ2v) is 11.7. The molecule has 1 heterocycles. The summed E-state index contributed by atoms with van der Waals surface area (Å²) in [5.41, 5.74) is 1.39. The van der Waals surface area contributed by atoms with Gasteiger partial charge in [-0.1, -0.05) is 38.3 Å². The summed E-state index contributed by atoms with van der Waals surface area (Å²) >= 11 is 0. The van der Waals surface area contributed by atoms with Gasteiger partial charge in [0.25, 0.3) is 5.91 Å². The maximum atomic E-state index is 12.9. The van der Waals surface area contributed by atoms with E-state index < -0.39 is 15.8 Å². The lowest BCUT2D eigenvalue weighted by Gasteiger charge is -2.24. The largest absolute Gasteiger partial charge is 0.466 e. The van der Waals surface area contributed by atoms with E-state index >= 15 is 0 Å². The van der Waals surface area contributed by atoms with Crippen LogP contribution in [-0.2, 0) is 25.1 Å². The Kier molecular flexibility index (Phi) is 10.9. The number of nitrogens with zero attached hydrogens (tertiary/aromatic N) is 3. The summed E-state index contributed by atoms with van der Waals surface area (Å²) in [5, 5.41) is 2.82. The Bertz CT molecular complexity index is 1130. The van der Waals surface area contributed by atoms with Gasteiger partial charge < -0.3 is 15.0 Å². The average molecular weight is 531 g/mol. The summed E-state index contributed by atoms with van der Waals surface area (Å²) < 4.78 is 29.4. The molecule has 10 heteroatoms. The lowest BCUT2D eigenvalue weighted by molar-refractivity contribution is -0.142. The van der Waals surface area contributed by atoms with E-state index in [9.17, 15) is 18.0 Å². The van der Waals surface area contributed by atoms with Crippen molar-refractivity contribution >= 4 is 33.2 Å². The lowest BCUT2D eigenvalue weighted by atomic mass is 10.2. The van der Waals surface area contributed by atoms with Crippen LogP contribution in [0.1, 0.15) is 74.8 Å². The first-order valence-corrected chi connectivity index (χ1v) is 14.9. The Hall–Kier alpha value is -3.01. The zero-order valence-corrected chi connectivity index (χ0v) is 22.6. The van der Waals surface area contributed by atoms with Crippen molar-refractivity contribution in [2.45, 2.75) is 64.5 Å². The first-order chi connectivity index (χ1) is 17.8. The number of aromatic nitrogens is 2. The molecule has 9 nitrogen and oxygen atoms in total. The fourth-order valence-electron chi connectivity index (χ4n) is 3.96. The summed E-state index contributed by atoms with van der Waals surface area (Å²) in [7, 11) is -3.46. The number of unbranched alkanes of at least 4 members (excludes halogenated alkanes) is 3. The Balaban J connectivity index is 1.58. The molecular formula is C27H38N4O5S. The van der Waals surface area contributed by atoms with Gasteiger partial charge in [-0.3, -0.25) is 9.59 Å². The van der Waals surface area contributed by atoms with Gasteiger partial charge in [-0.2, -0.15) is 0 Å². The minimum atomic E-state index is -3.46. The molecule has 0 radical (unpaired) electrons. The monoisotopic (exact) mass is 530 g/mol. The van der Waals surface area contributed by atoms with Crippen molar-refractivity contribution in [2.24, 2.45) is 5.92 Å². The summed E-state index contributed by atoms with van der Waals surface area (Å²) in [4.78, 5) is 35.2. The number of sulfone groups is 1. The smallest absolute Gasteiger partial charge is 0.306 e. The number of ether oxygens (including phenoxy) is 1. The van der Waals surface area contributed by atoms with Gasteiger partial charge in [0, 0.05) is 24.8 Å². The molecule has 0 saturated heterocycles. The van der Waals surface area contributed by atoms with Gasteiger partial charge >= 0.3 is 5.97 Å². The third kappa shape index (κ3) is 10.1. The summed E-state index contributed by atoms with van der Waals surface area (Å²) in [6, 6.07) is 8.35. The van der Waals surface area contributed by atoms with Crippen molar-refractivity contribution in [3.8, 4) is 0 Å². The minimum absolute atomic E-state index is 0.165. The molecule has 37 heavy (non-hydrogen) atoms. The Morgan fingerprint density at radius 3 is 2.51 bits per heavy atom. The van der Waals surface area contributed by atoms with E-state index in [1.807, 2.05) is 0 Å². The van der Waals surface area contributed by atoms with Crippen LogP contribution in [0.15, 0.2) is 36.7 Å². The van der Waals surface area contributed by atoms with Crippen LogP contribution in [-0.4, -0.2) is 55.7 Å².